The summed E-state index contributed by atoms with van der Waals surface area (Å²) >= 11 is 2.77. The number of aromatic carboxylic acids is 1. The number of carboxylic acids is 1. The Labute approximate surface area is 94.0 Å². The molecule has 0 fully saturated rings. The van der Waals surface area contributed by atoms with Gasteiger partial charge in [-0.1, -0.05) is 11.3 Å². The van der Waals surface area contributed by atoms with E-state index in [4.69, 9.17) is 10.8 Å². The van der Waals surface area contributed by atoms with Crippen molar-refractivity contribution in [2.45, 2.75) is 6.92 Å². The summed E-state index contributed by atoms with van der Waals surface area (Å²) in [5.74, 6) is -1.08. The van der Waals surface area contributed by atoms with Crippen molar-refractivity contribution >= 4 is 33.6 Å². The van der Waals surface area contributed by atoms with Gasteiger partial charge in [-0.15, -0.1) is 0 Å². The Morgan fingerprint density at radius 3 is 2.73 bits per heavy atom. The number of aromatic nitrogens is 1. The van der Waals surface area contributed by atoms with Gasteiger partial charge >= 0.3 is 5.97 Å². The molecule has 2 heterocycles. The summed E-state index contributed by atoms with van der Waals surface area (Å²) in [6, 6.07) is 0. The molecule has 0 aromatic carbocycles. The molecule has 0 atom stereocenters. The van der Waals surface area contributed by atoms with Gasteiger partial charge in [0.15, 0.2) is 5.69 Å². The molecule has 0 amide bonds. The molecule has 0 aliphatic carbocycles. The maximum absolute atomic E-state index is 10.8. The Morgan fingerprint density at radius 1 is 1.53 bits per heavy atom. The lowest BCUT2D eigenvalue weighted by Crippen LogP contribution is -2.00. The number of thiazole rings is 1. The molecule has 0 saturated carbocycles. The van der Waals surface area contributed by atoms with Crippen LogP contribution in [-0.2, 0) is 0 Å². The van der Waals surface area contributed by atoms with Gasteiger partial charge in [-0.05, 0) is 17.9 Å². The molecule has 2 aromatic rings. The molecule has 0 aliphatic rings. The Balaban J connectivity index is 2.52. The van der Waals surface area contributed by atoms with Crippen LogP contribution in [0.2, 0.25) is 0 Å². The highest BCUT2D eigenvalue weighted by Crippen LogP contribution is 2.33. The van der Waals surface area contributed by atoms with Crippen molar-refractivity contribution in [2.75, 3.05) is 5.73 Å². The lowest BCUT2D eigenvalue weighted by Gasteiger charge is -1.91. The van der Waals surface area contributed by atoms with Crippen LogP contribution in [0, 0.1) is 6.92 Å². The quantitative estimate of drug-likeness (QED) is 0.845. The molecular weight excluding hydrogens is 232 g/mol. The third kappa shape index (κ3) is 1.73. The predicted molar refractivity (Wildman–Crippen MR) is 61.5 cm³/mol. The van der Waals surface area contributed by atoms with Crippen molar-refractivity contribution in [3.63, 3.8) is 0 Å². The monoisotopic (exact) mass is 240 g/mol. The third-order valence-electron chi connectivity index (χ3n) is 1.94. The summed E-state index contributed by atoms with van der Waals surface area (Å²) in [4.78, 5) is 14.8. The van der Waals surface area contributed by atoms with Crippen LogP contribution in [0.5, 0.6) is 0 Å². The molecule has 3 N–H and O–H groups in total. The zero-order valence-electron chi connectivity index (χ0n) is 7.85. The summed E-state index contributed by atoms with van der Waals surface area (Å²) in [7, 11) is 0. The predicted octanol–water partition coefficient (Wildman–Crippen LogP) is 2.46. The number of carboxylic acid groups (broad SMARTS) is 1. The van der Waals surface area contributed by atoms with Gasteiger partial charge in [-0.2, -0.15) is 11.3 Å². The van der Waals surface area contributed by atoms with E-state index in [1.165, 1.54) is 11.3 Å². The van der Waals surface area contributed by atoms with Crippen LogP contribution in [0.4, 0.5) is 5.00 Å². The van der Waals surface area contributed by atoms with Crippen LogP contribution in [-0.4, -0.2) is 16.1 Å². The van der Waals surface area contributed by atoms with Crippen molar-refractivity contribution in [1.29, 1.82) is 0 Å². The number of nitrogens with two attached hydrogens (primary N) is 1. The molecule has 6 heteroatoms. The second-order valence-corrected chi connectivity index (χ2v) is 4.78. The van der Waals surface area contributed by atoms with E-state index in [9.17, 15) is 4.79 Å². The Hall–Kier alpha value is -1.40. The molecule has 2 rings (SSSR count). The van der Waals surface area contributed by atoms with Crippen LogP contribution in [0.1, 0.15) is 16.1 Å². The zero-order chi connectivity index (χ0) is 11.0. The minimum Gasteiger partial charge on any atom is -0.476 e. The fraction of sp³-hybridized carbons (Fsp3) is 0.111. The number of nitrogen functional groups attached to an aromatic ring is 1. The fourth-order valence-electron chi connectivity index (χ4n) is 1.18. The number of hydrogen-bond acceptors (Lipinski definition) is 5. The smallest absolute Gasteiger partial charge is 0.357 e. The highest BCUT2D eigenvalue weighted by atomic mass is 32.1. The standard InChI is InChI=1S/C9H8N2O2S2/c1-4-2-14-3-5(4)8-11-6(9(12)13)7(10)15-8/h2-3H,10H2,1H3,(H,12,13). The molecule has 0 aliphatic heterocycles. The summed E-state index contributed by atoms with van der Waals surface area (Å²) in [5.41, 5.74) is 7.57. The van der Waals surface area contributed by atoms with Gasteiger partial charge in [0.05, 0.1) is 0 Å². The van der Waals surface area contributed by atoms with Crippen LogP contribution in [0.25, 0.3) is 10.6 Å². The van der Waals surface area contributed by atoms with Crippen LogP contribution >= 0.6 is 22.7 Å². The minimum atomic E-state index is -1.08. The molecule has 0 bridgehead atoms. The first-order valence-corrected chi connectivity index (χ1v) is 5.88. The van der Waals surface area contributed by atoms with Gasteiger partial charge in [0.25, 0.3) is 0 Å². The molecule has 0 saturated heterocycles. The number of nitrogens with zero attached hydrogens (tertiary/aromatic N) is 1. The van der Waals surface area contributed by atoms with Crippen molar-refractivity contribution in [1.82, 2.24) is 4.98 Å². The van der Waals surface area contributed by atoms with Gasteiger partial charge < -0.3 is 10.8 Å². The summed E-state index contributed by atoms with van der Waals surface area (Å²) in [5, 5.41) is 13.7. The van der Waals surface area contributed by atoms with Gasteiger partial charge in [-0.25, -0.2) is 9.78 Å². The van der Waals surface area contributed by atoms with E-state index >= 15 is 0 Å². The maximum atomic E-state index is 10.8. The molecule has 0 unspecified atom stereocenters. The Morgan fingerprint density at radius 2 is 2.27 bits per heavy atom. The van der Waals surface area contributed by atoms with E-state index in [0.29, 0.717) is 5.01 Å². The average Bonchev–Trinajstić information content (AvgIpc) is 2.71. The highest BCUT2D eigenvalue weighted by Gasteiger charge is 2.17. The van der Waals surface area contributed by atoms with Crippen molar-refractivity contribution < 1.29 is 9.90 Å². The first kappa shape index (κ1) is 10.1. The lowest BCUT2D eigenvalue weighted by atomic mass is 10.2. The molecule has 0 radical (unpaired) electrons. The van der Waals surface area contributed by atoms with E-state index in [2.05, 4.69) is 4.98 Å². The summed E-state index contributed by atoms with van der Waals surface area (Å²) in [6.45, 7) is 1.96. The molecule has 15 heavy (non-hydrogen) atoms. The highest BCUT2D eigenvalue weighted by molar-refractivity contribution is 7.19. The van der Waals surface area contributed by atoms with Crippen LogP contribution < -0.4 is 5.73 Å². The summed E-state index contributed by atoms with van der Waals surface area (Å²) < 4.78 is 0. The average molecular weight is 240 g/mol. The second-order valence-electron chi connectivity index (χ2n) is 3.01. The first-order valence-electron chi connectivity index (χ1n) is 4.12. The molecule has 78 valence electrons. The SMILES string of the molecule is Cc1cscc1-c1nc(C(=O)O)c(N)s1. The number of rotatable bonds is 2. The van der Waals surface area contributed by atoms with E-state index in [0.717, 1.165) is 11.1 Å². The number of thiophene rings is 1. The van der Waals surface area contributed by atoms with Crippen LogP contribution in [0.3, 0.4) is 0 Å². The van der Waals surface area contributed by atoms with E-state index < -0.39 is 5.97 Å². The summed E-state index contributed by atoms with van der Waals surface area (Å²) in [6.07, 6.45) is 0. The van der Waals surface area contributed by atoms with E-state index in [-0.39, 0.29) is 10.7 Å². The van der Waals surface area contributed by atoms with E-state index in [1.54, 1.807) is 11.3 Å². The molecule has 4 nitrogen and oxygen atoms in total. The first-order chi connectivity index (χ1) is 7.09. The van der Waals surface area contributed by atoms with Gasteiger partial charge in [0, 0.05) is 10.9 Å². The number of carbonyl (C=O) groups is 1. The van der Waals surface area contributed by atoms with Crippen molar-refractivity contribution in [3.05, 3.63) is 22.0 Å². The zero-order valence-corrected chi connectivity index (χ0v) is 9.48. The molecule has 0 spiro atoms. The topological polar surface area (TPSA) is 76.2 Å². The Bertz CT molecular complexity index is 516. The number of anilines is 1. The number of aryl methyl sites for hydroxylation is 1. The van der Waals surface area contributed by atoms with Crippen LogP contribution in [0.15, 0.2) is 10.8 Å². The largest absolute Gasteiger partial charge is 0.476 e. The lowest BCUT2D eigenvalue weighted by molar-refractivity contribution is 0.0692. The number of hydrogen-bond donors (Lipinski definition) is 2. The Kier molecular flexibility index (Phi) is 2.45. The maximum Gasteiger partial charge on any atom is 0.357 e. The van der Waals surface area contributed by atoms with E-state index in [1.807, 2.05) is 17.7 Å². The van der Waals surface area contributed by atoms with Gasteiger partial charge in [0.1, 0.15) is 10.0 Å². The molecular formula is C9H8N2O2S2. The van der Waals surface area contributed by atoms with Gasteiger partial charge in [-0.3, -0.25) is 0 Å². The van der Waals surface area contributed by atoms with Crippen molar-refractivity contribution in [3.8, 4) is 10.6 Å². The second kappa shape index (κ2) is 3.63. The minimum absolute atomic E-state index is 0.0550. The van der Waals surface area contributed by atoms with Crippen molar-refractivity contribution in [2.24, 2.45) is 0 Å². The fourth-order valence-corrected chi connectivity index (χ4v) is 2.99. The normalized spacial score (nSPS) is 10.5. The third-order valence-corrected chi connectivity index (χ3v) is 3.72. The molecule has 2 aromatic heterocycles. The van der Waals surface area contributed by atoms with Gasteiger partial charge in [0.2, 0.25) is 0 Å².